The topological polar surface area (TPSA) is 24.5 Å². The summed E-state index contributed by atoms with van der Waals surface area (Å²) in [5.41, 5.74) is 2.43. The second-order valence-corrected chi connectivity index (χ2v) is 5.30. The zero-order valence-corrected chi connectivity index (χ0v) is 13.1. The van der Waals surface area contributed by atoms with Crippen molar-refractivity contribution in [3.8, 4) is 0 Å². The van der Waals surface area contributed by atoms with E-state index in [1.165, 1.54) is 11.3 Å². The predicted molar refractivity (Wildman–Crippen MR) is 83.2 cm³/mol. The highest BCUT2D eigenvalue weighted by molar-refractivity contribution is 6.30. The Hall–Kier alpha value is -0.770. The lowest BCUT2D eigenvalue weighted by Gasteiger charge is -2.28. The van der Waals surface area contributed by atoms with Crippen LogP contribution in [-0.2, 0) is 11.3 Å². The summed E-state index contributed by atoms with van der Waals surface area (Å²) in [6.07, 6.45) is 1.13. The van der Waals surface area contributed by atoms with Crippen molar-refractivity contribution in [3.05, 3.63) is 28.8 Å². The fourth-order valence-corrected chi connectivity index (χ4v) is 2.22. The van der Waals surface area contributed by atoms with Gasteiger partial charge in [0.2, 0.25) is 0 Å². The maximum atomic E-state index is 6.10. The Labute approximate surface area is 121 Å². The normalized spacial score (nSPS) is 12.5. The summed E-state index contributed by atoms with van der Waals surface area (Å²) in [6, 6.07) is 6.39. The largest absolute Gasteiger partial charge is 0.383 e. The second kappa shape index (κ2) is 8.41. The van der Waals surface area contributed by atoms with Gasteiger partial charge in [-0.3, -0.25) is 0 Å². The van der Waals surface area contributed by atoms with E-state index >= 15 is 0 Å². The van der Waals surface area contributed by atoms with Crippen molar-refractivity contribution in [3.63, 3.8) is 0 Å². The Balaban J connectivity index is 2.85. The van der Waals surface area contributed by atoms with E-state index in [9.17, 15) is 0 Å². The average molecular weight is 285 g/mol. The lowest BCUT2D eigenvalue weighted by molar-refractivity contribution is 0.183. The van der Waals surface area contributed by atoms with Gasteiger partial charge in [0.15, 0.2) is 0 Å². The van der Waals surface area contributed by atoms with Gasteiger partial charge in [-0.05, 0) is 43.7 Å². The Morgan fingerprint density at radius 2 is 2.16 bits per heavy atom. The number of likely N-dealkylation sites (N-methyl/N-ethyl adjacent to an activating group) is 1. The lowest BCUT2D eigenvalue weighted by Crippen LogP contribution is -2.33. The van der Waals surface area contributed by atoms with Gasteiger partial charge in [0.05, 0.1) is 6.61 Å². The molecule has 0 spiro atoms. The molecule has 0 saturated carbocycles. The molecule has 19 heavy (non-hydrogen) atoms. The van der Waals surface area contributed by atoms with Crippen LogP contribution in [0.2, 0.25) is 5.02 Å². The molecule has 1 unspecified atom stereocenters. The van der Waals surface area contributed by atoms with Gasteiger partial charge in [-0.2, -0.15) is 0 Å². The average Bonchev–Trinajstić information content (AvgIpc) is 2.39. The van der Waals surface area contributed by atoms with Gasteiger partial charge in [-0.25, -0.2) is 0 Å². The Morgan fingerprint density at radius 1 is 1.42 bits per heavy atom. The molecule has 1 aromatic rings. The molecule has 0 amide bonds. The molecule has 4 heteroatoms. The van der Waals surface area contributed by atoms with Gasteiger partial charge in [0, 0.05) is 37.5 Å². The molecule has 1 rings (SSSR count). The summed E-state index contributed by atoms with van der Waals surface area (Å²) in [6.45, 7) is 6.89. The van der Waals surface area contributed by atoms with Crippen LogP contribution >= 0.6 is 11.6 Å². The molecule has 1 N–H and O–H groups in total. The number of methoxy groups -OCH3 is 1. The summed E-state index contributed by atoms with van der Waals surface area (Å²) in [4.78, 5) is 2.24. The fraction of sp³-hybridized carbons (Fsp3) is 0.600. The van der Waals surface area contributed by atoms with Crippen LogP contribution in [0, 0.1) is 0 Å². The first-order valence-electron chi connectivity index (χ1n) is 6.81. The van der Waals surface area contributed by atoms with Gasteiger partial charge in [0.25, 0.3) is 0 Å². The maximum absolute atomic E-state index is 6.10. The molecule has 0 aliphatic heterocycles. The number of hydrogen-bond donors (Lipinski definition) is 1. The van der Waals surface area contributed by atoms with Crippen molar-refractivity contribution in [2.24, 2.45) is 0 Å². The molecule has 0 aromatic heterocycles. The molecular weight excluding hydrogens is 260 g/mol. The summed E-state index contributed by atoms with van der Waals surface area (Å²) in [5.74, 6) is 0. The molecule has 0 fully saturated rings. The van der Waals surface area contributed by atoms with Crippen molar-refractivity contribution in [1.29, 1.82) is 0 Å². The van der Waals surface area contributed by atoms with E-state index in [0.717, 1.165) is 24.5 Å². The van der Waals surface area contributed by atoms with Crippen LogP contribution in [0.15, 0.2) is 18.2 Å². The van der Waals surface area contributed by atoms with Crippen molar-refractivity contribution in [2.75, 3.05) is 32.2 Å². The van der Waals surface area contributed by atoms with Gasteiger partial charge in [-0.15, -0.1) is 0 Å². The smallest absolute Gasteiger partial charge is 0.0663 e. The number of anilines is 1. The fourth-order valence-electron chi connectivity index (χ4n) is 2.03. The van der Waals surface area contributed by atoms with Gasteiger partial charge >= 0.3 is 0 Å². The summed E-state index contributed by atoms with van der Waals surface area (Å²) in [7, 11) is 3.83. The Morgan fingerprint density at radius 3 is 2.79 bits per heavy atom. The molecule has 108 valence electrons. The zero-order valence-electron chi connectivity index (χ0n) is 12.4. The van der Waals surface area contributed by atoms with E-state index in [-0.39, 0.29) is 0 Å². The summed E-state index contributed by atoms with van der Waals surface area (Å²) >= 11 is 6.10. The van der Waals surface area contributed by atoms with E-state index in [0.29, 0.717) is 12.6 Å². The molecule has 1 atom stereocenters. The Bertz CT molecular complexity index is 384. The van der Waals surface area contributed by atoms with E-state index < -0.39 is 0 Å². The predicted octanol–water partition coefficient (Wildman–Crippen LogP) is 3.31. The van der Waals surface area contributed by atoms with Crippen molar-refractivity contribution in [2.45, 2.75) is 32.9 Å². The zero-order chi connectivity index (χ0) is 14.3. The highest BCUT2D eigenvalue weighted by Crippen LogP contribution is 2.25. The summed E-state index contributed by atoms with van der Waals surface area (Å²) in [5, 5.41) is 4.21. The number of nitrogens with zero attached hydrogens (tertiary/aromatic N) is 1. The third-order valence-electron chi connectivity index (χ3n) is 3.23. The first-order chi connectivity index (χ1) is 9.10. The molecule has 0 aliphatic rings. The molecule has 1 aromatic carbocycles. The van der Waals surface area contributed by atoms with E-state index in [1.54, 1.807) is 7.11 Å². The van der Waals surface area contributed by atoms with Crippen LogP contribution in [0.5, 0.6) is 0 Å². The maximum Gasteiger partial charge on any atom is 0.0663 e. The monoisotopic (exact) mass is 284 g/mol. The minimum atomic E-state index is 0.330. The molecule has 0 aliphatic carbocycles. The van der Waals surface area contributed by atoms with E-state index in [4.69, 9.17) is 16.3 Å². The van der Waals surface area contributed by atoms with Crippen molar-refractivity contribution < 1.29 is 4.74 Å². The van der Waals surface area contributed by atoms with Crippen molar-refractivity contribution >= 4 is 17.3 Å². The van der Waals surface area contributed by atoms with Crippen LogP contribution in [0.25, 0.3) is 0 Å². The summed E-state index contributed by atoms with van der Waals surface area (Å²) < 4.78 is 5.23. The standard InChI is InChI=1S/C15H25ClN2O/c1-5-8-17-10-13-9-14(16)6-7-15(13)18(3)12(2)11-19-4/h6-7,9,12,17H,5,8,10-11H2,1-4H3. The number of benzene rings is 1. The molecule has 3 nitrogen and oxygen atoms in total. The van der Waals surface area contributed by atoms with Gasteiger partial charge in [-0.1, -0.05) is 18.5 Å². The van der Waals surface area contributed by atoms with Crippen molar-refractivity contribution in [1.82, 2.24) is 5.32 Å². The second-order valence-electron chi connectivity index (χ2n) is 4.87. The van der Waals surface area contributed by atoms with Crippen LogP contribution in [-0.4, -0.2) is 33.4 Å². The highest BCUT2D eigenvalue weighted by Gasteiger charge is 2.13. The van der Waals surface area contributed by atoms with Crippen LogP contribution in [0.3, 0.4) is 0 Å². The quantitative estimate of drug-likeness (QED) is 0.741. The first kappa shape index (κ1) is 16.3. The minimum absolute atomic E-state index is 0.330. The number of halogens is 1. The number of hydrogen-bond acceptors (Lipinski definition) is 3. The lowest BCUT2D eigenvalue weighted by atomic mass is 10.1. The third kappa shape index (κ3) is 5.01. The van der Waals surface area contributed by atoms with E-state index in [2.05, 4.69) is 37.2 Å². The van der Waals surface area contributed by atoms with Crippen LogP contribution < -0.4 is 10.2 Å². The molecule has 0 radical (unpaired) electrons. The van der Waals surface area contributed by atoms with E-state index in [1.807, 2.05) is 12.1 Å². The molecular formula is C15H25ClN2O. The van der Waals surface area contributed by atoms with Crippen LogP contribution in [0.1, 0.15) is 25.8 Å². The highest BCUT2D eigenvalue weighted by atomic mass is 35.5. The SMILES string of the molecule is CCCNCc1cc(Cl)ccc1N(C)C(C)COC. The Kier molecular flexibility index (Phi) is 7.21. The first-order valence-corrected chi connectivity index (χ1v) is 7.18. The van der Waals surface area contributed by atoms with Crippen LogP contribution in [0.4, 0.5) is 5.69 Å². The third-order valence-corrected chi connectivity index (χ3v) is 3.47. The number of nitrogens with one attached hydrogen (secondary N) is 1. The molecule has 0 heterocycles. The number of rotatable bonds is 8. The minimum Gasteiger partial charge on any atom is -0.383 e. The molecule has 0 bridgehead atoms. The van der Waals surface area contributed by atoms with Gasteiger partial charge < -0.3 is 15.0 Å². The number of ether oxygens (including phenoxy) is 1. The van der Waals surface area contributed by atoms with Gasteiger partial charge in [0.1, 0.15) is 0 Å². The molecule has 0 saturated heterocycles.